The monoisotopic (exact) mass is 519 g/mol. The highest BCUT2D eigenvalue weighted by molar-refractivity contribution is 7.07. The van der Waals surface area contributed by atoms with Crippen molar-refractivity contribution in [1.29, 1.82) is 0 Å². The molecule has 1 aromatic heterocycles. The van der Waals surface area contributed by atoms with Crippen molar-refractivity contribution < 1.29 is 24.0 Å². The second kappa shape index (κ2) is 10.5. The normalized spacial score (nSPS) is 15.0. The molecule has 0 saturated carbocycles. The molecule has 2 heterocycles. The van der Waals surface area contributed by atoms with Crippen LogP contribution in [0.25, 0.3) is 6.08 Å². The molecule has 1 aliphatic heterocycles. The van der Waals surface area contributed by atoms with E-state index in [-0.39, 0.29) is 22.4 Å². The smallest absolute Gasteiger partial charge is 0.338 e. The van der Waals surface area contributed by atoms with E-state index in [2.05, 4.69) is 11.6 Å². The zero-order valence-corrected chi connectivity index (χ0v) is 20.7. The SMILES string of the molecule is C=CCOC(=O)C1=C(C)N=c2sc(=Cc3cccc([N+](=O)[O-])c3)c(=O)n2C1c1ccc(C(=O)OC)cc1. The van der Waals surface area contributed by atoms with Crippen LogP contribution >= 0.6 is 11.3 Å². The van der Waals surface area contributed by atoms with Crippen molar-refractivity contribution in [2.75, 3.05) is 13.7 Å². The number of hydrogen-bond acceptors (Lipinski definition) is 9. The van der Waals surface area contributed by atoms with Crippen LogP contribution in [0.2, 0.25) is 0 Å². The third kappa shape index (κ3) is 5.02. The van der Waals surface area contributed by atoms with Crippen molar-refractivity contribution in [3.05, 3.63) is 119 Å². The Kier molecular flexibility index (Phi) is 7.25. The van der Waals surface area contributed by atoms with Crippen LogP contribution in [0.1, 0.15) is 34.5 Å². The molecule has 10 nitrogen and oxygen atoms in total. The molecule has 0 bridgehead atoms. The number of rotatable bonds is 7. The molecule has 1 aliphatic rings. The number of esters is 2. The van der Waals surface area contributed by atoms with Gasteiger partial charge in [0.15, 0.2) is 4.80 Å². The van der Waals surface area contributed by atoms with Gasteiger partial charge in [0, 0.05) is 12.1 Å². The summed E-state index contributed by atoms with van der Waals surface area (Å²) in [5, 5.41) is 11.2. The molecule has 4 rings (SSSR count). The van der Waals surface area contributed by atoms with Gasteiger partial charge in [-0.3, -0.25) is 19.5 Å². The molecule has 3 aromatic rings. The first-order chi connectivity index (χ1) is 17.7. The lowest BCUT2D eigenvalue weighted by Crippen LogP contribution is -2.40. The van der Waals surface area contributed by atoms with Gasteiger partial charge in [0.05, 0.1) is 39.4 Å². The molecule has 0 amide bonds. The number of benzene rings is 2. The van der Waals surface area contributed by atoms with Crippen molar-refractivity contribution >= 4 is 35.0 Å². The molecule has 1 atom stereocenters. The second-order valence-corrected chi connectivity index (χ2v) is 8.94. The minimum Gasteiger partial charge on any atom is -0.465 e. The van der Waals surface area contributed by atoms with E-state index in [0.717, 1.165) is 11.3 Å². The van der Waals surface area contributed by atoms with Crippen LogP contribution in [0.15, 0.2) is 82.2 Å². The molecule has 37 heavy (non-hydrogen) atoms. The summed E-state index contributed by atoms with van der Waals surface area (Å²) in [4.78, 5) is 54.1. The number of thiazole rings is 1. The van der Waals surface area contributed by atoms with Gasteiger partial charge in [0.2, 0.25) is 0 Å². The van der Waals surface area contributed by atoms with E-state index in [1.54, 1.807) is 43.3 Å². The minimum atomic E-state index is -0.882. The van der Waals surface area contributed by atoms with Crippen LogP contribution in [-0.2, 0) is 14.3 Å². The zero-order chi connectivity index (χ0) is 26.7. The number of hydrogen-bond donors (Lipinski definition) is 0. The quantitative estimate of drug-likeness (QED) is 0.203. The number of ether oxygens (including phenoxy) is 2. The maximum Gasteiger partial charge on any atom is 0.338 e. The van der Waals surface area contributed by atoms with Gasteiger partial charge < -0.3 is 9.47 Å². The summed E-state index contributed by atoms with van der Waals surface area (Å²) in [6.07, 6.45) is 2.98. The van der Waals surface area contributed by atoms with Crippen molar-refractivity contribution in [2.45, 2.75) is 13.0 Å². The molecular formula is C26H21N3O7S. The second-order valence-electron chi connectivity index (χ2n) is 7.93. The van der Waals surface area contributed by atoms with Crippen LogP contribution in [0.4, 0.5) is 5.69 Å². The number of allylic oxidation sites excluding steroid dienone is 1. The van der Waals surface area contributed by atoms with Crippen molar-refractivity contribution in [3.63, 3.8) is 0 Å². The number of methoxy groups -OCH3 is 1. The standard InChI is InChI=1S/C26H21N3O7S/c1-4-12-36-25(32)21-15(2)27-26-28(22(21)17-8-10-18(11-9-17)24(31)35-3)23(30)20(37-26)14-16-6-5-7-19(13-16)29(33)34/h4-11,13-14,22H,1,12H2,2-3H3. The molecule has 0 aliphatic carbocycles. The molecule has 0 radical (unpaired) electrons. The lowest BCUT2D eigenvalue weighted by atomic mass is 9.95. The first kappa shape index (κ1) is 25.5. The molecular weight excluding hydrogens is 498 g/mol. The summed E-state index contributed by atoms with van der Waals surface area (Å²) in [6.45, 7) is 5.18. The number of nitrogens with zero attached hydrogens (tertiary/aromatic N) is 3. The summed E-state index contributed by atoms with van der Waals surface area (Å²) >= 11 is 1.10. The Hall–Kier alpha value is -4.64. The van der Waals surface area contributed by atoms with Gasteiger partial charge in [-0.1, -0.05) is 48.3 Å². The maximum absolute atomic E-state index is 13.6. The van der Waals surface area contributed by atoms with E-state index in [4.69, 9.17) is 9.47 Å². The molecule has 11 heteroatoms. The fourth-order valence-corrected chi connectivity index (χ4v) is 4.96. The number of nitro benzene ring substituents is 1. The Morgan fingerprint density at radius 2 is 1.95 bits per heavy atom. The zero-order valence-electron chi connectivity index (χ0n) is 19.9. The van der Waals surface area contributed by atoms with Gasteiger partial charge in [0.1, 0.15) is 6.61 Å². The Morgan fingerprint density at radius 3 is 2.59 bits per heavy atom. The first-order valence-electron chi connectivity index (χ1n) is 11.0. The van der Waals surface area contributed by atoms with Crippen LogP contribution in [0, 0.1) is 10.1 Å². The highest BCUT2D eigenvalue weighted by Gasteiger charge is 2.33. The van der Waals surface area contributed by atoms with Crippen LogP contribution in [0.3, 0.4) is 0 Å². The number of non-ortho nitro benzene ring substituents is 1. The molecule has 188 valence electrons. The number of carbonyl (C=O) groups is 2. The summed E-state index contributed by atoms with van der Waals surface area (Å²) in [7, 11) is 1.27. The Labute approximate surface area is 214 Å². The highest BCUT2D eigenvalue weighted by atomic mass is 32.1. The van der Waals surface area contributed by atoms with E-state index in [9.17, 15) is 24.5 Å². The van der Waals surface area contributed by atoms with Gasteiger partial charge in [-0.25, -0.2) is 14.6 Å². The lowest BCUT2D eigenvalue weighted by Gasteiger charge is -2.24. The van der Waals surface area contributed by atoms with Crippen LogP contribution < -0.4 is 14.9 Å². The molecule has 0 fully saturated rings. The van der Waals surface area contributed by atoms with E-state index < -0.39 is 28.5 Å². The summed E-state index contributed by atoms with van der Waals surface area (Å²) in [5.74, 6) is -1.18. The molecule has 0 saturated heterocycles. The predicted molar refractivity (Wildman–Crippen MR) is 136 cm³/mol. The molecule has 1 unspecified atom stereocenters. The van der Waals surface area contributed by atoms with Gasteiger partial charge >= 0.3 is 11.9 Å². The van der Waals surface area contributed by atoms with E-state index in [1.165, 1.54) is 36.0 Å². The lowest BCUT2D eigenvalue weighted by molar-refractivity contribution is -0.384. The predicted octanol–water partition coefficient (Wildman–Crippen LogP) is 2.66. The summed E-state index contributed by atoms with van der Waals surface area (Å²) in [6, 6.07) is 11.4. The third-order valence-electron chi connectivity index (χ3n) is 5.60. The van der Waals surface area contributed by atoms with Crippen molar-refractivity contribution in [1.82, 2.24) is 4.57 Å². The fraction of sp³-hybridized carbons (Fsp3) is 0.154. The minimum absolute atomic E-state index is 0.0270. The topological polar surface area (TPSA) is 130 Å². The molecule has 0 spiro atoms. The summed E-state index contributed by atoms with van der Waals surface area (Å²) in [5.41, 5.74) is 1.34. The molecule has 2 aromatic carbocycles. The summed E-state index contributed by atoms with van der Waals surface area (Å²) < 4.78 is 11.7. The largest absolute Gasteiger partial charge is 0.465 e. The Morgan fingerprint density at radius 1 is 1.22 bits per heavy atom. The van der Waals surface area contributed by atoms with Crippen LogP contribution in [-0.4, -0.2) is 35.1 Å². The van der Waals surface area contributed by atoms with Gasteiger partial charge in [-0.15, -0.1) is 0 Å². The highest BCUT2D eigenvalue weighted by Crippen LogP contribution is 2.31. The van der Waals surface area contributed by atoms with Crippen molar-refractivity contribution in [2.24, 2.45) is 4.99 Å². The van der Waals surface area contributed by atoms with E-state index in [1.807, 2.05) is 0 Å². The van der Waals surface area contributed by atoms with Crippen molar-refractivity contribution in [3.8, 4) is 0 Å². The van der Waals surface area contributed by atoms with E-state index >= 15 is 0 Å². The van der Waals surface area contributed by atoms with Crippen LogP contribution in [0.5, 0.6) is 0 Å². The number of aromatic nitrogens is 1. The van der Waals surface area contributed by atoms with Gasteiger partial charge in [-0.2, -0.15) is 0 Å². The van der Waals surface area contributed by atoms with Gasteiger partial charge in [-0.05, 0) is 36.3 Å². The Bertz CT molecular complexity index is 1630. The number of fused-ring (bicyclic) bond motifs is 1. The first-order valence-corrected chi connectivity index (χ1v) is 11.8. The van der Waals surface area contributed by atoms with E-state index in [0.29, 0.717) is 27.2 Å². The third-order valence-corrected chi connectivity index (χ3v) is 6.58. The average molecular weight is 520 g/mol. The Balaban J connectivity index is 1.91. The average Bonchev–Trinajstić information content (AvgIpc) is 3.20. The number of carbonyl (C=O) groups excluding carboxylic acids is 2. The number of nitro groups is 1. The maximum atomic E-state index is 13.6. The molecule has 0 N–H and O–H groups in total. The fourth-order valence-electron chi connectivity index (χ4n) is 3.91. The van der Waals surface area contributed by atoms with Gasteiger partial charge in [0.25, 0.3) is 11.2 Å².